The molecule has 0 aliphatic rings. The number of carbonyl (C=O) groups is 1. The normalized spacial score (nSPS) is 10.0. The average molecular weight is 272 g/mol. The third-order valence-electron chi connectivity index (χ3n) is 2.13. The Morgan fingerprint density at radius 2 is 2.24 bits per heavy atom. The first kappa shape index (κ1) is 13.9. The van der Waals surface area contributed by atoms with Crippen LogP contribution in [0.25, 0.3) is 10.2 Å². The molecule has 1 amide bonds. The van der Waals surface area contributed by atoms with Crippen LogP contribution in [0.1, 0.15) is 5.56 Å². The lowest BCUT2D eigenvalue weighted by molar-refractivity contribution is -0.115. The number of halogens is 1. The van der Waals surface area contributed by atoms with E-state index in [0.717, 1.165) is 10.2 Å². The Morgan fingerprint density at radius 1 is 1.47 bits per heavy atom. The summed E-state index contributed by atoms with van der Waals surface area (Å²) in [4.78, 5) is 15.7. The topological polar surface area (TPSA) is 54.0 Å². The van der Waals surface area contributed by atoms with Crippen LogP contribution in [0.2, 0.25) is 0 Å². The van der Waals surface area contributed by atoms with Crippen molar-refractivity contribution in [2.75, 3.05) is 18.9 Å². The lowest BCUT2D eigenvalue weighted by atomic mass is 10.2. The van der Waals surface area contributed by atoms with Gasteiger partial charge in [-0.3, -0.25) is 4.79 Å². The van der Waals surface area contributed by atoms with Gasteiger partial charge in [-0.05, 0) is 31.7 Å². The molecule has 0 radical (unpaired) electrons. The van der Waals surface area contributed by atoms with Crippen molar-refractivity contribution < 1.29 is 4.79 Å². The lowest BCUT2D eigenvalue weighted by Gasteiger charge is -1.98. The van der Waals surface area contributed by atoms with Gasteiger partial charge in [0, 0.05) is 0 Å². The summed E-state index contributed by atoms with van der Waals surface area (Å²) < 4.78 is 1.10. The number of amides is 1. The Labute approximate surface area is 110 Å². The van der Waals surface area contributed by atoms with Crippen molar-refractivity contribution in [3.05, 3.63) is 23.8 Å². The number of nitrogens with zero attached hydrogens (tertiary/aromatic N) is 1. The molecular weight excluding hydrogens is 258 g/mol. The zero-order valence-corrected chi connectivity index (χ0v) is 11.2. The maximum atomic E-state index is 11.3. The minimum Gasteiger partial charge on any atom is -0.311 e. The summed E-state index contributed by atoms with van der Waals surface area (Å²) in [5.74, 6) is -0.0710. The molecule has 1 aromatic carbocycles. The first-order chi connectivity index (χ1) is 7.69. The van der Waals surface area contributed by atoms with Crippen molar-refractivity contribution in [2.45, 2.75) is 6.92 Å². The first-order valence-corrected chi connectivity index (χ1v) is 5.82. The first-order valence-electron chi connectivity index (χ1n) is 5.00. The fourth-order valence-corrected chi connectivity index (χ4v) is 2.39. The molecule has 2 aromatic rings. The Balaban J connectivity index is 0.00000144. The smallest absolute Gasteiger partial charge is 0.240 e. The van der Waals surface area contributed by atoms with Gasteiger partial charge in [0.15, 0.2) is 5.13 Å². The fourth-order valence-electron chi connectivity index (χ4n) is 1.41. The molecule has 0 aliphatic heterocycles. The molecule has 17 heavy (non-hydrogen) atoms. The van der Waals surface area contributed by atoms with Gasteiger partial charge in [-0.2, -0.15) is 0 Å². The van der Waals surface area contributed by atoms with Gasteiger partial charge in [0.1, 0.15) is 0 Å². The highest BCUT2D eigenvalue weighted by atomic mass is 35.5. The predicted molar refractivity (Wildman–Crippen MR) is 74.2 cm³/mol. The third kappa shape index (κ3) is 3.39. The van der Waals surface area contributed by atoms with Gasteiger partial charge in [-0.25, -0.2) is 4.98 Å². The quantitative estimate of drug-likeness (QED) is 0.900. The van der Waals surface area contributed by atoms with Gasteiger partial charge >= 0.3 is 0 Å². The number of hydrogen-bond acceptors (Lipinski definition) is 4. The molecule has 0 spiro atoms. The van der Waals surface area contributed by atoms with E-state index in [1.807, 2.05) is 19.1 Å². The van der Waals surface area contributed by atoms with Gasteiger partial charge in [-0.15, -0.1) is 12.4 Å². The zero-order chi connectivity index (χ0) is 11.5. The summed E-state index contributed by atoms with van der Waals surface area (Å²) in [7, 11) is 1.74. The van der Waals surface area contributed by atoms with Crippen LogP contribution in [0.3, 0.4) is 0 Å². The van der Waals surface area contributed by atoms with E-state index in [9.17, 15) is 4.79 Å². The van der Waals surface area contributed by atoms with Crippen LogP contribution < -0.4 is 10.6 Å². The Morgan fingerprint density at radius 3 is 2.94 bits per heavy atom. The molecular formula is C11H14ClN3OS. The van der Waals surface area contributed by atoms with Crippen LogP contribution in [0.15, 0.2) is 18.2 Å². The van der Waals surface area contributed by atoms with Gasteiger partial charge in [0.2, 0.25) is 5.91 Å². The second-order valence-corrected chi connectivity index (χ2v) is 4.60. The molecule has 0 unspecified atom stereocenters. The maximum absolute atomic E-state index is 11.3. The van der Waals surface area contributed by atoms with Crippen molar-refractivity contribution in [2.24, 2.45) is 0 Å². The number of aromatic nitrogens is 1. The van der Waals surface area contributed by atoms with E-state index >= 15 is 0 Å². The van der Waals surface area contributed by atoms with Gasteiger partial charge in [-0.1, -0.05) is 17.4 Å². The summed E-state index contributed by atoms with van der Waals surface area (Å²) in [6.07, 6.45) is 0. The van der Waals surface area contributed by atoms with E-state index < -0.39 is 0 Å². The van der Waals surface area contributed by atoms with Crippen molar-refractivity contribution in [3.63, 3.8) is 0 Å². The molecule has 2 rings (SSSR count). The number of thiazole rings is 1. The number of aryl methyl sites for hydroxylation is 1. The number of rotatable bonds is 3. The van der Waals surface area contributed by atoms with Crippen molar-refractivity contribution >= 4 is 45.0 Å². The van der Waals surface area contributed by atoms with E-state index in [1.165, 1.54) is 16.9 Å². The molecule has 2 N–H and O–H groups in total. The van der Waals surface area contributed by atoms with Crippen LogP contribution in [0.5, 0.6) is 0 Å². The van der Waals surface area contributed by atoms with Crippen LogP contribution in [-0.4, -0.2) is 24.5 Å². The molecule has 0 saturated carbocycles. The molecule has 0 bridgehead atoms. The summed E-state index contributed by atoms with van der Waals surface area (Å²) in [6, 6.07) is 6.05. The summed E-state index contributed by atoms with van der Waals surface area (Å²) in [5.41, 5.74) is 2.12. The van der Waals surface area contributed by atoms with E-state index in [4.69, 9.17) is 0 Å². The number of benzene rings is 1. The largest absolute Gasteiger partial charge is 0.311 e. The number of likely N-dealkylation sites (N-methyl/N-ethyl adjacent to an activating group) is 1. The van der Waals surface area contributed by atoms with E-state index in [-0.39, 0.29) is 18.3 Å². The fraction of sp³-hybridized carbons (Fsp3) is 0.273. The molecule has 0 saturated heterocycles. The highest BCUT2D eigenvalue weighted by Gasteiger charge is 2.06. The summed E-state index contributed by atoms with van der Waals surface area (Å²) >= 11 is 1.49. The molecule has 92 valence electrons. The van der Waals surface area contributed by atoms with Gasteiger partial charge in [0.05, 0.1) is 16.8 Å². The number of carbonyl (C=O) groups excluding carboxylic acids is 1. The Bertz CT molecular complexity index is 526. The SMILES string of the molecule is CNCC(=O)Nc1nc2ccc(C)cc2s1.Cl. The number of fused-ring (bicyclic) bond motifs is 1. The van der Waals surface area contributed by atoms with Crippen LogP contribution in [0.4, 0.5) is 5.13 Å². The molecule has 1 heterocycles. The second-order valence-electron chi connectivity index (χ2n) is 3.57. The highest BCUT2D eigenvalue weighted by Crippen LogP contribution is 2.26. The van der Waals surface area contributed by atoms with Gasteiger partial charge in [0.25, 0.3) is 0 Å². The van der Waals surface area contributed by atoms with Gasteiger partial charge < -0.3 is 10.6 Å². The van der Waals surface area contributed by atoms with Crippen LogP contribution in [0, 0.1) is 6.92 Å². The Hall–Kier alpha value is -1.17. The maximum Gasteiger partial charge on any atom is 0.240 e. The highest BCUT2D eigenvalue weighted by molar-refractivity contribution is 7.22. The average Bonchev–Trinajstić information content (AvgIpc) is 2.59. The van der Waals surface area contributed by atoms with Crippen molar-refractivity contribution in [1.82, 2.24) is 10.3 Å². The Kier molecular flexibility index (Phi) is 4.86. The summed E-state index contributed by atoms with van der Waals surface area (Å²) in [5, 5.41) is 6.21. The number of hydrogen-bond donors (Lipinski definition) is 2. The number of nitrogens with one attached hydrogen (secondary N) is 2. The third-order valence-corrected chi connectivity index (χ3v) is 3.06. The molecule has 6 heteroatoms. The molecule has 4 nitrogen and oxygen atoms in total. The zero-order valence-electron chi connectivity index (χ0n) is 9.61. The minimum atomic E-state index is -0.0710. The van der Waals surface area contributed by atoms with E-state index in [2.05, 4.69) is 21.7 Å². The number of anilines is 1. The summed E-state index contributed by atoms with van der Waals surface area (Å²) in [6.45, 7) is 2.34. The van der Waals surface area contributed by atoms with Crippen molar-refractivity contribution in [3.8, 4) is 0 Å². The molecule has 0 atom stereocenters. The standard InChI is InChI=1S/C11H13N3OS.ClH/c1-7-3-4-8-9(5-7)16-11(13-8)14-10(15)6-12-2;/h3-5,12H,6H2,1-2H3,(H,13,14,15);1H. The van der Waals surface area contributed by atoms with E-state index in [1.54, 1.807) is 7.05 Å². The van der Waals surface area contributed by atoms with Crippen molar-refractivity contribution in [1.29, 1.82) is 0 Å². The molecule has 0 aliphatic carbocycles. The molecule has 1 aromatic heterocycles. The molecule has 0 fully saturated rings. The monoisotopic (exact) mass is 271 g/mol. The van der Waals surface area contributed by atoms with Crippen LogP contribution in [-0.2, 0) is 4.79 Å². The van der Waals surface area contributed by atoms with Crippen LogP contribution >= 0.6 is 23.7 Å². The lowest BCUT2D eigenvalue weighted by Crippen LogP contribution is -2.24. The second kappa shape index (κ2) is 5.95. The van der Waals surface area contributed by atoms with E-state index in [0.29, 0.717) is 11.7 Å². The predicted octanol–water partition coefficient (Wildman–Crippen LogP) is 2.18. The minimum absolute atomic E-state index is 0.